The summed E-state index contributed by atoms with van der Waals surface area (Å²) in [6.45, 7) is 10.0. The van der Waals surface area contributed by atoms with Crippen molar-refractivity contribution in [2.45, 2.75) is 33.6 Å². The molecule has 1 rings (SSSR count). The van der Waals surface area contributed by atoms with Gasteiger partial charge in [-0.25, -0.2) is 0 Å². The van der Waals surface area contributed by atoms with Gasteiger partial charge in [-0.1, -0.05) is 13.8 Å². The highest BCUT2D eigenvalue weighted by molar-refractivity contribution is 7.73. The summed E-state index contributed by atoms with van der Waals surface area (Å²) in [5.41, 5.74) is 1.01. The van der Waals surface area contributed by atoms with E-state index in [0.29, 0.717) is 13.0 Å². The molecule has 0 unspecified atom stereocenters. The number of rotatable bonds is 8. The summed E-state index contributed by atoms with van der Waals surface area (Å²) in [5, 5.41) is 2.97. The fourth-order valence-corrected chi connectivity index (χ4v) is 3.20. The number of nitrogens with one attached hydrogen (secondary N) is 2. The first-order valence-electron chi connectivity index (χ1n) is 6.74. The van der Waals surface area contributed by atoms with Crippen molar-refractivity contribution in [1.29, 1.82) is 0 Å². The summed E-state index contributed by atoms with van der Waals surface area (Å²) in [5.74, 6) is 0.0703. The highest BCUT2D eigenvalue weighted by Gasteiger charge is 2.08. The molecule has 1 aromatic heterocycles. The lowest BCUT2D eigenvalue weighted by Gasteiger charge is -2.19. The highest BCUT2D eigenvalue weighted by atomic mass is 32.1. The molecule has 0 bridgehead atoms. The van der Waals surface area contributed by atoms with Gasteiger partial charge < -0.3 is 15.2 Å². The van der Waals surface area contributed by atoms with E-state index < -0.39 is 0 Å². The molecule has 0 aromatic carbocycles. The predicted octanol–water partition coefficient (Wildman–Crippen LogP) is 2.50. The molecule has 4 nitrogen and oxygen atoms in total. The van der Waals surface area contributed by atoms with Crippen LogP contribution in [0.15, 0.2) is 0 Å². The maximum absolute atomic E-state index is 11.8. The summed E-state index contributed by atoms with van der Waals surface area (Å²) in [4.78, 5) is 18.3. The summed E-state index contributed by atoms with van der Waals surface area (Å²) in [6, 6.07) is 0. The molecule has 2 N–H and O–H groups in total. The van der Waals surface area contributed by atoms with E-state index in [0.717, 1.165) is 40.6 Å². The third kappa shape index (κ3) is 5.84. The van der Waals surface area contributed by atoms with Gasteiger partial charge in [0.25, 0.3) is 0 Å². The smallest absolute Gasteiger partial charge is 0.225 e. The van der Waals surface area contributed by atoms with Crippen molar-refractivity contribution in [2.24, 2.45) is 0 Å². The van der Waals surface area contributed by atoms with Crippen LogP contribution in [0.1, 0.15) is 30.8 Å². The Morgan fingerprint density at radius 2 is 2.16 bits per heavy atom. The maximum Gasteiger partial charge on any atom is 0.225 e. The Hall–Kier alpha value is -0.720. The van der Waals surface area contributed by atoms with E-state index in [4.69, 9.17) is 12.2 Å². The van der Waals surface area contributed by atoms with Gasteiger partial charge in [0.05, 0.1) is 6.42 Å². The van der Waals surface area contributed by atoms with E-state index in [1.165, 1.54) is 11.3 Å². The van der Waals surface area contributed by atoms with E-state index in [1.54, 1.807) is 0 Å². The van der Waals surface area contributed by atoms with E-state index >= 15 is 0 Å². The summed E-state index contributed by atoms with van der Waals surface area (Å²) in [6.07, 6.45) is 1.57. The molecule has 0 saturated carbocycles. The molecular weight excluding hydrogens is 278 g/mol. The Morgan fingerprint density at radius 3 is 2.68 bits per heavy atom. The van der Waals surface area contributed by atoms with Gasteiger partial charge in [-0.05, 0) is 38.7 Å². The fourth-order valence-electron chi connectivity index (χ4n) is 1.91. The molecule has 0 atom stereocenters. The molecule has 19 heavy (non-hydrogen) atoms. The normalized spacial score (nSPS) is 10.9. The van der Waals surface area contributed by atoms with Gasteiger partial charge in [0.15, 0.2) is 3.95 Å². The maximum atomic E-state index is 11.8. The zero-order valence-corrected chi connectivity index (χ0v) is 13.5. The Labute approximate surface area is 124 Å². The molecule has 1 aromatic rings. The summed E-state index contributed by atoms with van der Waals surface area (Å²) < 4.78 is 0.736. The second kappa shape index (κ2) is 8.45. The molecule has 0 aliphatic heterocycles. The monoisotopic (exact) mass is 301 g/mol. The molecule has 0 radical (unpaired) electrons. The van der Waals surface area contributed by atoms with Crippen LogP contribution < -0.4 is 5.32 Å². The largest absolute Gasteiger partial charge is 0.355 e. The first-order valence-corrected chi connectivity index (χ1v) is 7.96. The van der Waals surface area contributed by atoms with E-state index in [1.807, 2.05) is 6.92 Å². The topological polar surface area (TPSA) is 48.1 Å². The number of carbonyl (C=O) groups is 1. The minimum absolute atomic E-state index is 0.0703. The van der Waals surface area contributed by atoms with E-state index in [2.05, 4.69) is 29.0 Å². The third-order valence-electron chi connectivity index (χ3n) is 2.98. The minimum atomic E-state index is 0.0703. The molecule has 0 saturated heterocycles. The second-order valence-electron chi connectivity index (χ2n) is 4.52. The zero-order chi connectivity index (χ0) is 14.3. The van der Waals surface area contributed by atoms with Crippen LogP contribution in [0.25, 0.3) is 0 Å². The number of aromatic nitrogens is 1. The number of hydrogen-bond acceptors (Lipinski definition) is 4. The van der Waals surface area contributed by atoms with Crippen LogP contribution in [0.2, 0.25) is 0 Å². The number of amides is 1. The van der Waals surface area contributed by atoms with Crippen LogP contribution in [0.3, 0.4) is 0 Å². The predicted molar refractivity (Wildman–Crippen MR) is 83.4 cm³/mol. The molecule has 0 spiro atoms. The third-order valence-corrected chi connectivity index (χ3v) is 4.32. The summed E-state index contributed by atoms with van der Waals surface area (Å²) in [7, 11) is 0. The fraction of sp³-hybridized carbons (Fsp3) is 0.692. The number of hydrogen-bond donors (Lipinski definition) is 2. The van der Waals surface area contributed by atoms with Crippen molar-refractivity contribution in [2.75, 3.05) is 26.2 Å². The quantitative estimate of drug-likeness (QED) is 0.725. The molecule has 108 valence electrons. The Bertz CT molecular complexity index is 453. The SMILES string of the molecule is CCCN(CC)CCNC(=O)Cc1sc(=S)[nH]c1C. The average molecular weight is 301 g/mol. The number of aryl methyl sites for hydroxylation is 1. The van der Waals surface area contributed by atoms with E-state index in [-0.39, 0.29) is 5.91 Å². The van der Waals surface area contributed by atoms with Gasteiger partial charge in [0.2, 0.25) is 5.91 Å². The van der Waals surface area contributed by atoms with Crippen molar-refractivity contribution in [3.8, 4) is 0 Å². The van der Waals surface area contributed by atoms with Gasteiger partial charge in [0.1, 0.15) is 0 Å². The average Bonchev–Trinajstić information content (AvgIpc) is 2.66. The number of aromatic amines is 1. The van der Waals surface area contributed by atoms with Gasteiger partial charge in [0, 0.05) is 23.7 Å². The van der Waals surface area contributed by atoms with Crippen LogP contribution in [0, 0.1) is 10.9 Å². The molecule has 1 amide bonds. The molecular formula is C13H23N3OS2. The number of H-pyrrole nitrogens is 1. The van der Waals surface area contributed by atoms with Gasteiger partial charge in [-0.2, -0.15) is 0 Å². The van der Waals surface area contributed by atoms with Crippen LogP contribution in [0.4, 0.5) is 0 Å². The molecule has 6 heteroatoms. The molecule has 1 heterocycles. The standard InChI is InChI=1S/C13H23N3OS2/c1-4-7-16(5-2)8-6-14-12(17)9-11-10(3)15-13(18)19-11/h4-9H2,1-3H3,(H,14,17)(H,15,18). The lowest BCUT2D eigenvalue weighted by Crippen LogP contribution is -2.35. The van der Waals surface area contributed by atoms with Crippen molar-refractivity contribution >= 4 is 29.5 Å². The first kappa shape index (κ1) is 16.3. The van der Waals surface area contributed by atoms with Crippen molar-refractivity contribution < 1.29 is 4.79 Å². The van der Waals surface area contributed by atoms with Crippen LogP contribution in [-0.2, 0) is 11.2 Å². The lowest BCUT2D eigenvalue weighted by atomic mass is 10.3. The van der Waals surface area contributed by atoms with Crippen molar-refractivity contribution in [3.63, 3.8) is 0 Å². The van der Waals surface area contributed by atoms with Crippen molar-refractivity contribution in [3.05, 3.63) is 14.5 Å². The number of nitrogens with zero attached hydrogens (tertiary/aromatic N) is 1. The first-order chi connectivity index (χ1) is 9.06. The van der Waals surface area contributed by atoms with Crippen LogP contribution in [0.5, 0.6) is 0 Å². The minimum Gasteiger partial charge on any atom is -0.355 e. The van der Waals surface area contributed by atoms with E-state index in [9.17, 15) is 4.79 Å². The Balaban J connectivity index is 2.32. The van der Waals surface area contributed by atoms with Gasteiger partial charge in [-0.3, -0.25) is 4.79 Å². The molecule has 0 fully saturated rings. The molecule has 0 aliphatic rings. The van der Waals surface area contributed by atoms with Crippen LogP contribution >= 0.6 is 23.6 Å². The highest BCUT2D eigenvalue weighted by Crippen LogP contribution is 2.14. The summed E-state index contributed by atoms with van der Waals surface area (Å²) >= 11 is 6.55. The van der Waals surface area contributed by atoms with Gasteiger partial charge in [-0.15, -0.1) is 11.3 Å². The number of carbonyl (C=O) groups excluding carboxylic acids is 1. The second-order valence-corrected chi connectivity index (χ2v) is 6.30. The number of likely N-dealkylation sites (N-methyl/N-ethyl adjacent to an activating group) is 1. The van der Waals surface area contributed by atoms with Gasteiger partial charge >= 0.3 is 0 Å². The lowest BCUT2D eigenvalue weighted by molar-refractivity contribution is -0.120. The Kier molecular flexibility index (Phi) is 7.27. The molecule has 0 aliphatic carbocycles. The number of thiazole rings is 1. The Morgan fingerprint density at radius 1 is 1.42 bits per heavy atom. The van der Waals surface area contributed by atoms with Crippen LogP contribution in [-0.4, -0.2) is 42.0 Å². The zero-order valence-electron chi connectivity index (χ0n) is 11.9. The van der Waals surface area contributed by atoms with Crippen molar-refractivity contribution in [1.82, 2.24) is 15.2 Å².